The van der Waals surface area contributed by atoms with E-state index < -0.39 is 0 Å². The van der Waals surface area contributed by atoms with Crippen LogP contribution in [0.3, 0.4) is 0 Å². The van der Waals surface area contributed by atoms with Crippen LogP contribution >= 0.6 is 15.9 Å². The Morgan fingerprint density at radius 1 is 1.41 bits per heavy atom. The fourth-order valence-corrected chi connectivity index (χ4v) is 2.58. The molecule has 1 heterocycles. The SMILES string of the molecule is COc1c(CN2CCNCC2)ccc(F)c1Br. The molecule has 0 saturated carbocycles. The van der Waals surface area contributed by atoms with Gasteiger partial charge in [0.1, 0.15) is 11.6 Å². The monoisotopic (exact) mass is 302 g/mol. The average Bonchev–Trinajstić information content (AvgIpc) is 2.36. The van der Waals surface area contributed by atoms with E-state index in [0.717, 1.165) is 38.3 Å². The highest BCUT2D eigenvalue weighted by Gasteiger charge is 2.16. The van der Waals surface area contributed by atoms with Crippen molar-refractivity contribution < 1.29 is 9.13 Å². The molecule has 0 aromatic heterocycles. The van der Waals surface area contributed by atoms with Crippen LogP contribution in [0.1, 0.15) is 5.56 Å². The summed E-state index contributed by atoms with van der Waals surface area (Å²) in [6.07, 6.45) is 0. The Morgan fingerprint density at radius 2 is 2.12 bits per heavy atom. The molecular formula is C12H16BrFN2O. The molecule has 5 heteroatoms. The Morgan fingerprint density at radius 3 is 2.76 bits per heavy atom. The molecule has 0 radical (unpaired) electrons. The first-order valence-electron chi connectivity index (χ1n) is 5.66. The summed E-state index contributed by atoms with van der Waals surface area (Å²) in [6.45, 7) is 4.83. The molecule has 17 heavy (non-hydrogen) atoms. The lowest BCUT2D eigenvalue weighted by Gasteiger charge is -2.27. The van der Waals surface area contributed by atoms with Crippen molar-refractivity contribution in [3.8, 4) is 5.75 Å². The highest BCUT2D eigenvalue weighted by atomic mass is 79.9. The third-order valence-corrected chi connectivity index (χ3v) is 3.68. The Labute approximate surface area is 109 Å². The quantitative estimate of drug-likeness (QED) is 0.924. The van der Waals surface area contributed by atoms with Gasteiger partial charge in [0, 0.05) is 38.3 Å². The minimum atomic E-state index is -0.286. The molecule has 0 unspecified atom stereocenters. The van der Waals surface area contributed by atoms with Crippen LogP contribution in [0.4, 0.5) is 4.39 Å². The summed E-state index contributed by atoms with van der Waals surface area (Å²) in [4.78, 5) is 2.33. The summed E-state index contributed by atoms with van der Waals surface area (Å²) in [5.74, 6) is 0.314. The molecule has 1 aromatic rings. The lowest BCUT2D eigenvalue weighted by Crippen LogP contribution is -2.42. The van der Waals surface area contributed by atoms with E-state index in [0.29, 0.717) is 10.2 Å². The van der Waals surface area contributed by atoms with E-state index in [-0.39, 0.29) is 5.82 Å². The molecular weight excluding hydrogens is 287 g/mol. The zero-order chi connectivity index (χ0) is 12.3. The van der Waals surface area contributed by atoms with Crippen LogP contribution in [-0.2, 0) is 6.54 Å². The van der Waals surface area contributed by atoms with Crippen LogP contribution in [0.25, 0.3) is 0 Å². The maximum atomic E-state index is 13.4. The summed E-state index contributed by atoms with van der Waals surface area (Å²) in [5.41, 5.74) is 1.02. The molecule has 0 aliphatic carbocycles. The second-order valence-electron chi connectivity index (χ2n) is 4.08. The molecule has 0 amide bonds. The fraction of sp³-hybridized carbons (Fsp3) is 0.500. The van der Waals surface area contributed by atoms with Crippen LogP contribution in [0, 0.1) is 5.82 Å². The fourth-order valence-electron chi connectivity index (χ4n) is 2.03. The van der Waals surface area contributed by atoms with Gasteiger partial charge in [-0.15, -0.1) is 0 Å². The van der Waals surface area contributed by atoms with Crippen molar-refractivity contribution >= 4 is 15.9 Å². The van der Waals surface area contributed by atoms with Crippen LogP contribution in [0.15, 0.2) is 16.6 Å². The lowest BCUT2D eigenvalue weighted by atomic mass is 10.1. The predicted molar refractivity (Wildman–Crippen MR) is 68.8 cm³/mol. The van der Waals surface area contributed by atoms with E-state index in [1.807, 2.05) is 0 Å². The minimum absolute atomic E-state index is 0.286. The first-order chi connectivity index (χ1) is 8.22. The van der Waals surface area contributed by atoms with E-state index in [2.05, 4.69) is 26.1 Å². The maximum absolute atomic E-state index is 13.4. The lowest BCUT2D eigenvalue weighted by molar-refractivity contribution is 0.230. The summed E-state index contributed by atoms with van der Waals surface area (Å²) in [6, 6.07) is 3.27. The molecule has 0 spiro atoms. The highest BCUT2D eigenvalue weighted by Crippen LogP contribution is 2.32. The molecule has 1 aliphatic rings. The number of ether oxygens (including phenoxy) is 1. The van der Waals surface area contributed by atoms with Gasteiger partial charge in [0.25, 0.3) is 0 Å². The van der Waals surface area contributed by atoms with Gasteiger partial charge < -0.3 is 10.1 Å². The van der Waals surface area contributed by atoms with Crippen molar-refractivity contribution in [3.63, 3.8) is 0 Å². The van der Waals surface area contributed by atoms with Gasteiger partial charge in [-0.05, 0) is 22.0 Å². The Balaban J connectivity index is 2.17. The minimum Gasteiger partial charge on any atom is -0.495 e. The summed E-state index contributed by atoms with van der Waals surface area (Å²) >= 11 is 3.23. The number of piperazine rings is 1. The van der Waals surface area contributed by atoms with Gasteiger partial charge in [0.05, 0.1) is 11.6 Å². The summed E-state index contributed by atoms with van der Waals surface area (Å²) in [5, 5.41) is 3.31. The average molecular weight is 303 g/mol. The number of nitrogens with zero attached hydrogens (tertiary/aromatic N) is 1. The highest BCUT2D eigenvalue weighted by molar-refractivity contribution is 9.10. The van der Waals surface area contributed by atoms with Crippen molar-refractivity contribution in [2.45, 2.75) is 6.54 Å². The van der Waals surface area contributed by atoms with Gasteiger partial charge in [0.15, 0.2) is 0 Å². The third kappa shape index (κ3) is 2.97. The van der Waals surface area contributed by atoms with E-state index in [1.54, 1.807) is 13.2 Å². The smallest absolute Gasteiger partial charge is 0.141 e. The second-order valence-corrected chi connectivity index (χ2v) is 4.87. The van der Waals surface area contributed by atoms with Crippen LogP contribution < -0.4 is 10.1 Å². The first kappa shape index (κ1) is 12.8. The van der Waals surface area contributed by atoms with Gasteiger partial charge in [-0.1, -0.05) is 6.07 Å². The molecule has 1 fully saturated rings. The number of benzene rings is 1. The van der Waals surface area contributed by atoms with E-state index in [9.17, 15) is 4.39 Å². The molecule has 1 aromatic carbocycles. The number of methoxy groups -OCH3 is 1. The first-order valence-corrected chi connectivity index (χ1v) is 6.45. The van der Waals surface area contributed by atoms with Crippen LogP contribution in [-0.4, -0.2) is 38.2 Å². The van der Waals surface area contributed by atoms with E-state index in [4.69, 9.17) is 4.74 Å². The molecule has 1 N–H and O–H groups in total. The van der Waals surface area contributed by atoms with Crippen molar-refractivity contribution in [1.29, 1.82) is 0 Å². The molecule has 3 nitrogen and oxygen atoms in total. The van der Waals surface area contributed by atoms with Crippen molar-refractivity contribution in [3.05, 3.63) is 28.0 Å². The topological polar surface area (TPSA) is 24.5 Å². The van der Waals surface area contributed by atoms with Crippen LogP contribution in [0.5, 0.6) is 5.75 Å². The standard InChI is InChI=1S/C12H16BrFN2O/c1-17-12-9(2-3-10(14)11(12)13)8-16-6-4-15-5-7-16/h2-3,15H,4-8H2,1H3. The Hall–Kier alpha value is -0.650. The van der Waals surface area contributed by atoms with Crippen molar-refractivity contribution in [2.24, 2.45) is 0 Å². The number of halogens is 2. The van der Waals surface area contributed by atoms with Crippen molar-refractivity contribution in [2.75, 3.05) is 33.3 Å². The van der Waals surface area contributed by atoms with E-state index in [1.165, 1.54) is 6.07 Å². The maximum Gasteiger partial charge on any atom is 0.141 e. The number of hydrogen-bond donors (Lipinski definition) is 1. The van der Waals surface area contributed by atoms with Crippen molar-refractivity contribution in [1.82, 2.24) is 10.2 Å². The van der Waals surface area contributed by atoms with Gasteiger partial charge in [-0.2, -0.15) is 0 Å². The number of hydrogen-bond acceptors (Lipinski definition) is 3. The van der Waals surface area contributed by atoms with Gasteiger partial charge >= 0.3 is 0 Å². The molecule has 2 rings (SSSR count). The Kier molecular flexibility index (Phi) is 4.36. The normalized spacial score (nSPS) is 17.1. The molecule has 1 saturated heterocycles. The van der Waals surface area contributed by atoms with Gasteiger partial charge in [-0.3, -0.25) is 4.90 Å². The van der Waals surface area contributed by atoms with E-state index >= 15 is 0 Å². The molecule has 0 bridgehead atoms. The zero-order valence-corrected chi connectivity index (χ0v) is 11.4. The largest absolute Gasteiger partial charge is 0.495 e. The molecule has 94 valence electrons. The zero-order valence-electron chi connectivity index (χ0n) is 9.80. The van der Waals surface area contributed by atoms with Gasteiger partial charge in [-0.25, -0.2) is 4.39 Å². The molecule has 0 atom stereocenters. The Bertz CT molecular complexity index is 394. The summed E-state index contributed by atoms with van der Waals surface area (Å²) in [7, 11) is 1.57. The third-order valence-electron chi connectivity index (χ3n) is 2.94. The number of nitrogens with one attached hydrogen (secondary N) is 1. The number of rotatable bonds is 3. The second kappa shape index (κ2) is 5.80. The molecule has 1 aliphatic heterocycles. The predicted octanol–water partition coefficient (Wildman–Crippen LogP) is 2.00. The summed E-state index contributed by atoms with van der Waals surface area (Å²) < 4.78 is 19.1. The van der Waals surface area contributed by atoms with Crippen LogP contribution in [0.2, 0.25) is 0 Å². The van der Waals surface area contributed by atoms with Gasteiger partial charge in [0.2, 0.25) is 0 Å².